The second-order valence-corrected chi connectivity index (χ2v) is 10.3. The van der Waals surface area contributed by atoms with Crippen molar-refractivity contribution in [2.45, 2.75) is 22.8 Å². The van der Waals surface area contributed by atoms with Gasteiger partial charge in [-0.05, 0) is 24.6 Å². The number of sulfonamides is 1. The number of aromatic nitrogens is 2. The SMILES string of the molecule is Cc1ccc(S(C)(=O)=O)cc1S(=O)(=O)N1CCNCC1c1nccn1C. The van der Waals surface area contributed by atoms with E-state index in [1.807, 2.05) is 7.05 Å². The van der Waals surface area contributed by atoms with Crippen molar-refractivity contribution in [3.63, 3.8) is 0 Å². The molecule has 0 bridgehead atoms. The summed E-state index contributed by atoms with van der Waals surface area (Å²) in [5, 5.41) is 3.20. The van der Waals surface area contributed by atoms with Gasteiger partial charge in [-0.3, -0.25) is 0 Å². The Hall–Kier alpha value is -1.75. The molecular formula is C16H22N4O4S2. The zero-order valence-electron chi connectivity index (χ0n) is 14.9. The maximum absolute atomic E-state index is 13.4. The van der Waals surface area contributed by atoms with E-state index in [-0.39, 0.29) is 16.3 Å². The van der Waals surface area contributed by atoms with Crippen molar-refractivity contribution >= 4 is 19.9 Å². The number of aryl methyl sites for hydroxylation is 2. The van der Waals surface area contributed by atoms with Crippen LogP contribution in [0.4, 0.5) is 0 Å². The number of benzene rings is 1. The minimum absolute atomic E-state index is 0.00893. The Morgan fingerprint density at radius 3 is 2.58 bits per heavy atom. The lowest BCUT2D eigenvalue weighted by Gasteiger charge is -2.35. The van der Waals surface area contributed by atoms with Crippen molar-refractivity contribution in [3.8, 4) is 0 Å². The van der Waals surface area contributed by atoms with Gasteiger partial charge >= 0.3 is 0 Å². The maximum Gasteiger partial charge on any atom is 0.244 e. The predicted octanol–water partition coefficient (Wildman–Crippen LogP) is 0.467. The third-order valence-corrected chi connectivity index (χ3v) is 7.69. The molecule has 10 heteroatoms. The van der Waals surface area contributed by atoms with Crippen LogP contribution >= 0.6 is 0 Å². The first-order chi connectivity index (χ1) is 12.1. The van der Waals surface area contributed by atoms with Gasteiger partial charge in [0.15, 0.2) is 9.84 Å². The molecular weight excluding hydrogens is 376 g/mol. The molecule has 1 unspecified atom stereocenters. The molecule has 1 fully saturated rings. The maximum atomic E-state index is 13.4. The minimum atomic E-state index is -3.89. The third kappa shape index (κ3) is 3.41. The Balaban J connectivity index is 2.10. The number of imidazole rings is 1. The summed E-state index contributed by atoms with van der Waals surface area (Å²) in [4.78, 5) is 4.30. The standard InChI is InChI=1S/C16H22N4O4S2/c1-12-4-5-13(25(3,21)22)10-15(12)26(23,24)20-9-6-17-11-14(20)16-18-7-8-19(16)2/h4-5,7-8,10,14,17H,6,9,11H2,1-3H3. The van der Waals surface area contributed by atoms with E-state index < -0.39 is 25.9 Å². The number of piperazine rings is 1. The number of nitrogens with zero attached hydrogens (tertiary/aromatic N) is 3. The molecule has 142 valence electrons. The lowest BCUT2D eigenvalue weighted by Crippen LogP contribution is -2.49. The lowest BCUT2D eigenvalue weighted by molar-refractivity contribution is 0.258. The first kappa shape index (κ1) is 19.0. The Labute approximate surface area is 153 Å². The van der Waals surface area contributed by atoms with Crippen LogP contribution in [0, 0.1) is 6.92 Å². The molecule has 1 aliphatic rings. The van der Waals surface area contributed by atoms with E-state index in [4.69, 9.17) is 0 Å². The fourth-order valence-electron chi connectivity index (χ4n) is 3.11. The highest BCUT2D eigenvalue weighted by molar-refractivity contribution is 7.91. The number of hydrogen-bond donors (Lipinski definition) is 1. The molecule has 0 spiro atoms. The average Bonchev–Trinajstić information content (AvgIpc) is 3.00. The van der Waals surface area contributed by atoms with E-state index in [0.29, 0.717) is 24.5 Å². The molecule has 0 radical (unpaired) electrons. The van der Waals surface area contributed by atoms with Crippen LogP contribution in [-0.2, 0) is 26.9 Å². The van der Waals surface area contributed by atoms with E-state index in [1.54, 1.807) is 23.9 Å². The molecule has 26 heavy (non-hydrogen) atoms. The molecule has 0 saturated carbocycles. The summed E-state index contributed by atoms with van der Waals surface area (Å²) >= 11 is 0. The van der Waals surface area contributed by atoms with Crippen molar-refractivity contribution in [2.75, 3.05) is 25.9 Å². The first-order valence-corrected chi connectivity index (χ1v) is 11.5. The Bertz CT molecular complexity index is 1030. The summed E-state index contributed by atoms with van der Waals surface area (Å²) in [6.07, 6.45) is 4.46. The number of rotatable bonds is 4. The van der Waals surface area contributed by atoms with Crippen LogP contribution in [0.2, 0.25) is 0 Å². The van der Waals surface area contributed by atoms with Crippen LogP contribution in [-0.4, -0.2) is 56.6 Å². The molecule has 3 rings (SSSR count). The van der Waals surface area contributed by atoms with E-state index >= 15 is 0 Å². The molecule has 2 aromatic rings. The van der Waals surface area contributed by atoms with E-state index in [1.165, 1.54) is 22.5 Å². The number of nitrogens with one attached hydrogen (secondary N) is 1. The fraction of sp³-hybridized carbons (Fsp3) is 0.438. The van der Waals surface area contributed by atoms with Crippen molar-refractivity contribution in [3.05, 3.63) is 42.0 Å². The van der Waals surface area contributed by atoms with Gasteiger partial charge in [0, 0.05) is 45.3 Å². The van der Waals surface area contributed by atoms with E-state index in [2.05, 4.69) is 10.3 Å². The van der Waals surface area contributed by atoms with Crippen LogP contribution in [0.25, 0.3) is 0 Å². The lowest BCUT2D eigenvalue weighted by atomic mass is 10.2. The van der Waals surface area contributed by atoms with Gasteiger partial charge in [-0.25, -0.2) is 21.8 Å². The zero-order valence-corrected chi connectivity index (χ0v) is 16.5. The van der Waals surface area contributed by atoms with Crippen molar-refractivity contribution in [2.24, 2.45) is 7.05 Å². The second-order valence-electron chi connectivity index (χ2n) is 6.43. The minimum Gasteiger partial charge on any atom is -0.337 e. The van der Waals surface area contributed by atoms with Crippen LogP contribution in [0.15, 0.2) is 40.4 Å². The number of hydrogen-bond acceptors (Lipinski definition) is 6. The topological polar surface area (TPSA) is 101 Å². The summed E-state index contributed by atoms with van der Waals surface area (Å²) in [7, 11) is -5.58. The van der Waals surface area contributed by atoms with Gasteiger partial charge in [0.2, 0.25) is 10.0 Å². The predicted molar refractivity (Wildman–Crippen MR) is 97.0 cm³/mol. The highest BCUT2D eigenvalue weighted by Gasteiger charge is 2.37. The first-order valence-electron chi connectivity index (χ1n) is 8.13. The smallest absolute Gasteiger partial charge is 0.244 e. The Morgan fingerprint density at radius 2 is 1.96 bits per heavy atom. The van der Waals surface area contributed by atoms with Gasteiger partial charge in [-0.1, -0.05) is 6.07 Å². The second kappa shape index (κ2) is 6.76. The fourth-order valence-corrected chi connectivity index (χ4v) is 5.67. The summed E-state index contributed by atoms with van der Waals surface area (Å²) in [5.41, 5.74) is 0.509. The molecule has 0 aliphatic carbocycles. The Kier molecular flexibility index (Phi) is 4.95. The van der Waals surface area contributed by atoms with E-state index in [0.717, 1.165) is 6.26 Å². The third-order valence-electron chi connectivity index (χ3n) is 4.53. The molecule has 1 aromatic heterocycles. The highest BCUT2D eigenvalue weighted by Crippen LogP contribution is 2.30. The molecule has 1 N–H and O–H groups in total. The van der Waals surface area contributed by atoms with E-state index in [9.17, 15) is 16.8 Å². The van der Waals surface area contributed by atoms with Gasteiger partial charge < -0.3 is 9.88 Å². The monoisotopic (exact) mass is 398 g/mol. The summed E-state index contributed by atoms with van der Waals surface area (Å²) < 4.78 is 53.7. The van der Waals surface area contributed by atoms with Gasteiger partial charge in [0.1, 0.15) is 5.82 Å². The average molecular weight is 399 g/mol. The van der Waals surface area contributed by atoms with Crippen LogP contribution < -0.4 is 5.32 Å². The quantitative estimate of drug-likeness (QED) is 0.803. The van der Waals surface area contributed by atoms with Gasteiger partial charge in [-0.15, -0.1) is 0 Å². The molecule has 1 saturated heterocycles. The van der Waals surface area contributed by atoms with Crippen LogP contribution in [0.3, 0.4) is 0 Å². The molecule has 1 atom stereocenters. The van der Waals surface area contributed by atoms with Gasteiger partial charge in [0.25, 0.3) is 0 Å². The van der Waals surface area contributed by atoms with Crippen LogP contribution in [0.1, 0.15) is 17.4 Å². The van der Waals surface area contributed by atoms with Crippen LogP contribution in [0.5, 0.6) is 0 Å². The van der Waals surface area contributed by atoms with Crippen molar-refractivity contribution in [1.82, 2.24) is 19.2 Å². The summed E-state index contributed by atoms with van der Waals surface area (Å²) in [5.74, 6) is 0.637. The Morgan fingerprint density at radius 1 is 1.23 bits per heavy atom. The zero-order chi connectivity index (χ0) is 19.1. The molecule has 1 aromatic carbocycles. The molecule has 0 amide bonds. The van der Waals surface area contributed by atoms with Crippen molar-refractivity contribution < 1.29 is 16.8 Å². The molecule has 8 nitrogen and oxygen atoms in total. The number of sulfone groups is 1. The van der Waals surface area contributed by atoms with Gasteiger partial charge in [-0.2, -0.15) is 4.31 Å². The molecule has 2 heterocycles. The normalized spacial score (nSPS) is 19.6. The largest absolute Gasteiger partial charge is 0.337 e. The van der Waals surface area contributed by atoms with Gasteiger partial charge in [0.05, 0.1) is 15.8 Å². The molecule has 1 aliphatic heterocycles. The summed E-state index contributed by atoms with van der Waals surface area (Å²) in [6, 6.07) is 3.74. The highest BCUT2D eigenvalue weighted by atomic mass is 32.2. The summed E-state index contributed by atoms with van der Waals surface area (Å²) in [6.45, 7) is 2.90. The van der Waals surface area contributed by atoms with Crippen molar-refractivity contribution in [1.29, 1.82) is 0 Å².